The maximum atomic E-state index is 6.13. The van der Waals surface area contributed by atoms with Crippen molar-refractivity contribution in [3.05, 3.63) is 71.8 Å². The molecular formula is C27H25N7O. The molecule has 0 unspecified atom stereocenters. The van der Waals surface area contributed by atoms with Gasteiger partial charge in [0, 0.05) is 55.1 Å². The van der Waals surface area contributed by atoms with E-state index >= 15 is 0 Å². The van der Waals surface area contributed by atoms with Gasteiger partial charge in [0.15, 0.2) is 0 Å². The molecule has 4 aromatic heterocycles. The summed E-state index contributed by atoms with van der Waals surface area (Å²) in [6.07, 6.45) is 7.69. The highest BCUT2D eigenvalue weighted by Crippen LogP contribution is 2.27. The van der Waals surface area contributed by atoms with Crippen molar-refractivity contribution in [2.24, 2.45) is 0 Å². The van der Waals surface area contributed by atoms with Gasteiger partial charge in [-0.1, -0.05) is 12.0 Å². The maximum absolute atomic E-state index is 6.13. The van der Waals surface area contributed by atoms with Gasteiger partial charge in [-0.3, -0.25) is 4.90 Å². The number of ether oxygens (including phenoxy) is 1. The molecule has 2 aliphatic heterocycles. The number of aromatic nitrogens is 4. The Morgan fingerprint density at radius 3 is 2.97 bits per heavy atom. The lowest BCUT2D eigenvalue weighted by Gasteiger charge is -2.24. The van der Waals surface area contributed by atoms with Crippen LogP contribution in [-0.4, -0.2) is 51.1 Å². The predicted octanol–water partition coefficient (Wildman–Crippen LogP) is 3.96. The topological polar surface area (TPSA) is 88.1 Å². The van der Waals surface area contributed by atoms with Gasteiger partial charge in [-0.05, 0) is 55.1 Å². The summed E-state index contributed by atoms with van der Waals surface area (Å²) in [7, 11) is 1.85. The molecule has 6 bridgehead atoms. The summed E-state index contributed by atoms with van der Waals surface area (Å²) >= 11 is 0. The normalized spacial score (nSPS) is 17.3. The van der Waals surface area contributed by atoms with E-state index in [0.717, 1.165) is 53.8 Å². The number of hydrogen-bond donors (Lipinski definition) is 2. The summed E-state index contributed by atoms with van der Waals surface area (Å²) in [5.74, 6) is 9.22. The summed E-state index contributed by atoms with van der Waals surface area (Å²) in [6, 6.07) is 12.2. The Morgan fingerprint density at radius 1 is 1.06 bits per heavy atom. The molecule has 0 spiro atoms. The summed E-state index contributed by atoms with van der Waals surface area (Å²) in [5.41, 5.74) is 2.75. The van der Waals surface area contributed by atoms with Crippen molar-refractivity contribution in [2.45, 2.75) is 25.4 Å². The van der Waals surface area contributed by atoms with E-state index in [1.165, 1.54) is 5.56 Å². The van der Waals surface area contributed by atoms with Crippen molar-refractivity contribution in [3.63, 3.8) is 0 Å². The minimum Gasteiger partial charge on any atom is -0.476 e. The number of fused-ring (bicyclic) bond motifs is 6. The average Bonchev–Trinajstić information content (AvgIpc) is 3.32. The second-order valence-corrected chi connectivity index (χ2v) is 8.75. The molecule has 0 aromatic carbocycles. The van der Waals surface area contributed by atoms with E-state index in [0.29, 0.717) is 30.2 Å². The number of nitrogens with one attached hydrogen (secondary N) is 2. The Hall–Kier alpha value is -4.22. The minimum absolute atomic E-state index is 0.346. The SMILES string of the molecule is CNc1ncc2c3cc(ncc13)Nc1cccc(n1)OC[C@@H]1CCCN1Cc1ccnc(c1)C#C2. The zero-order valence-electron chi connectivity index (χ0n) is 19.5. The third-order valence-corrected chi connectivity index (χ3v) is 6.45. The first kappa shape index (κ1) is 21.3. The third kappa shape index (κ3) is 4.46. The zero-order valence-corrected chi connectivity index (χ0v) is 19.5. The molecule has 0 aliphatic carbocycles. The van der Waals surface area contributed by atoms with Gasteiger partial charge in [-0.2, -0.15) is 4.98 Å². The first-order valence-electron chi connectivity index (χ1n) is 11.8. The Bertz CT molecular complexity index is 1460. The number of pyridine rings is 4. The molecule has 4 aromatic rings. The van der Waals surface area contributed by atoms with E-state index in [9.17, 15) is 0 Å². The van der Waals surface area contributed by atoms with E-state index in [1.54, 1.807) is 12.4 Å². The summed E-state index contributed by atoms with van der Waals surface area (Å²) in [6.45, 7) is 2.50. The van der Waals surface area contributed by atoms with Gasteiger partial charge < -0.3 is 15.4 Å². The quantitative estimate of drug-likeness (QED) is 0.410. The molecule has 1 saturated heterocycles. The van der Waals surface area contributed by atoms with Crippen LogP contribution in [0, 0.1) is 11.8 Å². The fraction of sp³-hybridized carbons (Fsp3) is 0.259. The van der Waals surface area contributed by atoms with Gasteiger partial charge >= 0.3 is 0 Å². The van der Waals surface area contributed by atoms with Crippen LogP contribution in [0.4, 0.5) is 17.5 Å². The van der Waals surface area contributed by atoms with Crippen LogP contribution in [0.2, 0.25) is 0 Å². The monoisotopic (exact) mass is 463 g/mol. The summed E-state index contributed by atoms with van der Waals surface area (Å²) < 4.78 is 6.13. The summed E-state index contributed by atoms with van der Waals surface area (Å²) in [4.78, 5) is 20.7. The Kier molecular flexibility index (Phi) is 5.60. The fourth-order valence-electron chi connectivity index (χ4n) is 4.68. The zero-order chi connectivity index (χ0) is 23.6. The highest BCUT2D eigenvalue weighted by atomic mass is 16.5. The van der Waals surface area contributed by atoms with Crippen molar-refractivity contribution >= 4 is 28.2 Å². The number of anilines is 3. The van der Waals surface area contributed by atoms with Crippen LogP contribution < -0.4 is 15.4 Å². The van der Waals surface area contributed by atoms with Gasteiger partial charge in [0.05, 0.1) is 5.56 Å². The predicted molar refractivity (Wildman–Crippen MR) is 136 cm³/mol. The van der Waals surface area contributed by atoms with Crippen LogP contribution in [-0.2, 0) is 6.54 Å². The van der Waals surface area contributed by atoms with Crippen molar-refractivity contribution < 1.29 is 4.74 Å². The molecule has 0 amide bonds. The van der Waals surface area contributed by atoms with Gasteiger partial charge in [-0.25, -0.2) is 15.0 Å². The molecule has 8 heteroatoms. The largest absolute Gasteiger partial charge is 0.476 e. The van der Waals surface area contributed by atoms with E-state index in [4.69, 9.17) is 4.74 Å². The van der Waals surface area contributed by atoms with Crippen LogP contribution in [0.25, 0.3) is 10.8 Å². The van der Waals surface area contributed by atoms with Gasteiger partial charge in [-0.15, -0.1) is 0 Å². The molecule has 0 saturated carbocycles. The lowest BCUT2D eigenvalue weighted by molar-refractivity contribution is 0.163. The number of nitrogens with zero attached hydrogens (tertiary/aromatic N) is 5. The van der Waals surface area contributed by atoms with Crippen molar-refractivity contribution in [3.8, 4) is 17.7 Å². The van der Waals surface area contributed by atoms with E-state index in [2.05, 4.69) is 59.4 Å². The molecule has 2 aliphatic rings. The second-order valence-electron chi connectivity index (χ2n) is 8.75. The van der Waals surface area contributed by atoms with Crippen LogP contribution in [0.1, 0.15) is 29.7 Å². The van der Waals surface area contributed by atoms with Gasteiger partial charge in [0.2, 0.25) is 5.88 Å². The maximum Gasteiger partial charge on any atom is 0.215 e. The van der Waals surface area contributed by atoms with Crippen LogP contribution in [0.15, 0.2) is 55.0 Å². The molecule has 0 radical (unpaired) electrons. The first-order valence-corrected chi connectivity index (χ1v) is 11.8. The molecule has 8 nitrogen and oxygen atoms in total. The molecule has 1 fully saturated rings. The molecule has 2 N–H and O–H groups in total. The standard InChI is InChI=1S/C27H25N7O/c1-28-27-23-15-30-25-13-22(23)19(14-31-27)7-8-20-12-18(9-10-29-20)16-34-11-3-4-21(34)17-35-26-6-2-5-24(32-25)33-26/h2,5-6,9-10,12-15,21H,3-4,11,16-17H2,1H3,(H,28,31)(H,30,32,33)/t21-/m0/s1. The number of hydrogen-bond acceptors (Lipinski definition) is 8. The Balaban J connectivity index is 1.47. The summed E-state index contributed by atoms with van der Waals surface area (Å²) in [5, 5.41) is 8.28. The van der Waals surface area contributed by atoms with Crippen molar-refractivity contribution in [1.82, 2.24) is 24.8 Å². The van der Waals surface area contributed by atoms with Crippen molar-refractivity contribution in [1.29, 1.82) is 0 Å². The minimum atomic E-state index is 0.346. The van der Waals surface area contributed by atoms with Gasteiger partial charge in [0.25, 0.3) is 0 Å². The van der Waals surface area contributed by atoms with Crippen LogP contribution >= 0.6 is 0 Å². The molecule has 174 valence electrons. The smallest absolute Gasteiger partial charge is 0.215 e. The van der Waals surface area contributed by atoms with Gasteiger partial charge in [0.1, 0.15) is 29.8 Å². The molecule has 35 heavy (non-hydrogen) atoms. The van der Waals surface area contributed by atoms with E-state index < -0.39 is 0 Å². The van der Waals surface area contributed by atoms with Crippen LogP contribution in [0.5, 0.6) is 5.88 Å². The lowest BCUT2D eigenvalue weighted by atomic mass is 10.1. The molecule has 6 rings (SSSR count). The molecule has 1 atom stereocenters. The lowest BCUT2D eigenvalue weighted by Crippen LogP contribution is -2.33. The number of rotatable bonds is 1. The third-order valence-electron chi connectivity index (χ3n) is 6.45. The van der Waals surface area contributed by atoms with Crippen LogP contribution in [0.3, 0.4) is 0 Å². The van der Waals surface area contributed by atoms with E-state index in [-0.39, 0.29) is 0 Å². The highest BCUT2D eigenvalue weighted by molar-refractivity contribution is 5.96. The molecule has 6 heterocycles. The van der Waals surface area contributed by atoms with Crippen molar-refractivity contribution in [2.75, 3.05) is 30.8 Å². The fourth-order valence-corrected chi connectivity index (χ4v) is 4.68. The highest BCUT2D eigenvalue weighted by Gasteiger charge is 2.25. The average molecular weight is 464 g/mol. The second kappa shape index (κ2) is 9.20. The molecular weight excluding hydrogens is 438 g/mol. The first-order chi connectivity index (χ1) is 17.2. The van der Waals surface area contributed by atoms with E-state index in [1.807, 2.05) is 37.5 Å². The Morgan fingerprint density at radius 2 is 2.03 bits per heavy atom. The Labute approximate surface area is 203 Å².